The molecule has 522 valence electrons. The quantitative estimate of drug-likeness (QED) is 0.135. The summed E-state index contributed by atoms with van der Waals surface area (Å²) >= 11 is 0. The first-order chi connectivity index (χ1) is 54.0. The Hall–Kier alpha value is -12.9. The summed E-state index contributed by atoms with van der Waals surface area (Å²) < 4.78 is 0. The summed E-state index contributed by atoms with van der Waals surface area (Å²) in [5, 5.41) is 0. The van der Waals surface area contributed by atoms with Gasteiger partial charge in [0.15, 0.2) is 0 Å². The van der Waals surface area contributed by atoms with Crippen molar-refractivity contribution >= 4 is 34.1 Å². The third kappa shape index (κ3) is 8.43. The van der Waals surface area contributed by atoms with E-state index in [9.17, 15) is 0 Å². The van der Waals surface area contributed by atoms with E-state index in [-0.39, 0.29) is 5.41 Å². The van der Waals surface area contributed by atoms with Crippen molar-refractivity contribution in [1.29, 1.82) is 0 Å². The Balaban J connectivity index is 0.675. The van der Waals surface area contributed by atoms with Crippen LogP contribution in [0.25, 0.3) is 44.5 Å². The molecule has 2 spiro atoms. The fourth-order valence-corrected chi connectivity index (χ4v) is 22.3. The molecular weight excluding hydrogens is 1330 g/mol. The van der Waals surface area contributed by atoms with E-state index in [2.05, 4.69) is 427 Å². The van der Waals surface area contributed by atoms with E-state index >= 15 is 0 Å². The van der Waals surface area contributed by atoms with Crippen LogP contribution in [0.5, 0.6) is 0 Å². The maximum Gasteiger partial charge on any atom is 0.0720 e. The summed E-state index contributed by atoms with van der Waals surface area (Å²) in [6.07, 6.45) is 0.798. The third-order valence-electron chi connectivity index (χ3n) is 26.7. The molecule has 0 saturated carbocycles. The highest BCUT2D eigenvalue weighted by Crippen LogP contribution is 2.68. The normalized spacial score (nSPS) is 16.7. The summed E-state index contributed by atoms with van der Waals surface area (Å²) in [6.45, 7) is 12.3. The van der Waals surface area contributed by atoms with Crippen molar-refractivity contribution in [3.63, 3.8) is 0 Å². The fourth-order valence-electron chi connectivity index (χ4n) is 22.3. The van der Waals surface area contributed by atoms with Crippen LogP contribution in [0.1, 0.15) is 140 Å². The van der Waals surface area contributed by atoms with Gasteiger partial charge in [0.1, 0.15) is 0 Å². The molecule has 2 heteroatoms. The molecule has 0 aromatic heterocycles. The molecule has 0 heterocycles. The van der Waals surface area contributed by atoms with E-state index in [0.717, 1.165) is 29.2 Å². The van der Waals surface area contributed by atoms with Crippen LogP contribution in [0.2, 0.25) is 0 Å². The van der Waals surface area contributed by atoms with Crippen molar-refractivity contribution < 1.29 is 0 Å². The van der Waals surface area contributed by atoms with Crippen LogP contribution in [0.4, 0.5) is 34.1 Å². The van der Waals surface area contributed by atoms with E-state index in [1.807, 2.05) is 0 Å². The molecule has 16 aromatic rings. The predicted octanol–water partition coefficient (Wildman–Crippen LogP) is 26.5. The monoisotopic (exact) mass is 1400 g/mol. The lowest BCUT2D eigenvalue weighted by Crippen LogP contribution is -2.43. The summed E-state index contributed by atoms with van der Waals surface area (Å²) in [5.74, 6) is 0. The molecule has 6 aliphatic rings. The minimum Gasteiger partial charge on any atom is -0.310 e. The zero-order valence-corrected chi connectivity index (χ0v) is 62.5. The van der Waals surface area contributed by atoms with Crippen molar-refractivity contribution in [2.24, 2.45) is 0 Å². The van der Waals surface area contributed by atoms with Crippen LogP contribution >= 0.6 is 0 Å². The van der Waals surface area contributed by atoms with Crippen molar-refractivity contribution in [2.45, 2.75) is 73.5 Å². The maximum atomic E-state index is 2.61. The summed E-state index contributed by atoms with van der Waals surface area (Å²) in [4.78, 5) is 5.12. The van der Waals surface area contributed by atoms with E-state index in [4.69, 9.17) is 0 Å². The minimum atomic E-state index is -0.654. The van der Waals surface area contributed by atoms with Gasteiger partial charge in [-0.2, -0.15) is 0 Å². The van der Waals surface area contributed by atoms with Gasteiger partial charge in [-0.3, -0.25) is 0 Å². The maximum absolute atomic E-state index is 2.61. The van der Waals surface area contributed by atoms with Crippen molar-refractivity contribution in [2.75, 3.05) is 9.80 Å². The molecule has 110 heavy (non-hydrogen) atoms. The van der Waals surface area contributed by atoms with Gasteiger partial charge in [0.25, 0.3) is 0 Å². The Bertz CT molecular complexity index is 6340. The Kier molecular flexibility index (Phi) is 13.8. The molecule has 22 rings (SSSR count). The van der Waals surface area contributed by atoms with Crippen LogP contribution in [-0.4, -0.2) is 0 Å². The average molecular weight is 1410 g/mol. The predicted molar refractivity (Wildman–Crippen MR) is 454 cm³/mol. The van der Waals surface area contributed by atoms with Gasteiger partial charge in [-0.15, -0.1) is 0 Å². The van der Waals surface area contributed by atoms with Crippen molar-refractivity contribution in [3.05, 3.63) is 488 Å². The molecule has 0 saturated heterocycles. The lowest BCUT2D eigenvalue weighted by molar-refractivity contribution is 0.514. The number of benzene rings is 16. The molecule has 0 atom stereocenters. The Morgan fingerprint density at radius 1 is 0.209 bits per heavy atom. The number of nitrogens with zero attached hydrogens (tertiary/aromatic N) is 2. The van der Waals surface area contributed by atoms with Gasteiger partial charge in [-0.1, -0.05) is 356 Å². The molecule has 0 aliphatic heterocycles. The molecule has 16 aromatic carbocycles. The average Bonchev–Trinajstić information content (AvgIpc) is 1.18. The van der Waals surface area contributed by atoms with Gasteiger partial charge in [-0.05, 0) is 212 Å². The first-order valence-electron chi connectivity index (χ1n) is 39.2. The lowest BCUT2D eigenvalue weighted by Gasteiger charge is -2.48. The molecule has 6 aliphatic carbocycles. The van der Waals surface area contributed by atoms with Gasteiger partial charge >= 0.3 is 0 Å². The third-order valence-corrected chi connectivity index (χ3v) is 26.7. The van der Waals surface area contributed by atoms with E-state index in [1.165, 1.54) is 162 Å². The van der Waals surface area contributed by atoms with Gasteiger partial charge in [-0.25, -0.2) is 0 Å². The molecule has 0 amide bonds. The highest BCUT2D eigenvalue weighted by molar-refractivity contribution is 6.01. The van der Waals surface area contributed by atoms with Crippen LogP contribution in [0.3, 0.4) is 0 Å². The SMILES string of the molecule is CC1(C)c2ccccc2C2(c3ccccc3-c3c(N(c4ccccc4)c4cccc5c4C(C)(C)c4cc(CC6(C)c7ccccc7C7(c8ccccc8-c8ccc(N(c9ccccc9)c9ccc%10c(c9)C(c9ccccc9)(c9ccccc9)c9ccccc9-%10)cc87)c7ccccc76)ccc4-5)cccc32)c2ccccc21. The van der Waals surface area contributed by atoms with E-state index < -0.39 is 27.1 Å². The topological polar surface area (TPSA) is 6.48 Å². The highest BCUT2D eigenvalue weighted by Gasteiger charge is 2.57. The van der Waals surface area contributed by atoms with Crippen molar-refractivity contribution in [1.82, 2.24) is 0 Å². The van der Waals surface area contributed by atoms with Crippen LogP contribution in [0, 0.1) is 0 Å². The van der Waals surface area contributed by atoms with Gasteiger partial charge in [0, 0.05) is 44.6 Å². The summed E-state index contributed by atoms with van der Waals surface area (Å²) in [7, 11) is 0. The summed E-state index contributed by atoms with van der Waals surface area (Å²) in [5.41, 5.74) is 39.5. The Morgan fingerprint density at radius 3 is 1.10 bits per heavy atom. The minimum absolute atomic E-state index is 0.197. The number of rotatable bonds is 10. The summed E-state index contributed by atoms with van der Waals surface area (Å²) in [6, 6.07) is 146. The number of para-hydroxylation sites is 2. The molecule has 0 N–H and O–H groups in total. The van der Waals surface area contributed by atoms with Crippen molar-refractivity contribution in [3.8, 4) is 44.5 Å². The zero-order chi connectivity index (χ0) is 73.5. The second kappa shape index (κ2) is 23.6. The molecular formula is C108H80N2. The number of hydrogen-bond acceptors (Lipinski definition) is 2. The largest absolute Gasteiger partial charge is 0.310 e. The molecule has 2 nitrogen and oxygen atoms in total. The second-order valence-corrected chi connectivity index (χ2v) is 32.6. The number of anilines is 6. The van der Waals surface area contributed by atoms with Crippen LogP contribution in [0.15, 0.2) is 382 Å². The zero-order valence-electron chi connectivity index (χ0n) is 62.5. The lowest BCUT2D eigenvalue weighted by atomic mass is 9.54. The van der Waals surface area contributed by atoms with Crippen LogP contribution in [-0.2, 0) is 38.9 Å². The Morgan fingerprint density at radius 2 is 0.564 bits per heavy atom. The van der Waals surface area contributed by atoms with Gasteiger partial charge < -0.3 is 9.80 Å². The van der Waals surface area contributed by atoms with Gasteiger partial charge in [0.2, 0.25) is 0 Å². The smallest absolute Gasteiger partial charge is 0.0720 e. The standard InChI is InChI=1S/C108H80N2/c1-103(2)87-49-24-28-53-91(87)107(92-54-29-25-50-88(92)103)86-48-23-20-44-83(86)101-95(107)57-33-58-99(101)110(74-40-16-9-17-41-74)100-59-32-45-82-81-63-60-70(66-96(81)104(3,4)102(82)100)69-105(5)89-51-26-30-55-93(89)108(94-56-31-27-52-90(94)105)85-47-22-19-43-78(85)80-65-62-76(68-98(80)108)109(73-38-14-8-15-39-73)75-61-64-79-77-42-18-21-46-84(77)106(97(79)67-75,71-34-10-6-11-35-71)72-36-12-7-13-37-72/h6-68H,69H2,1-5H3. The second-order valence-electron chi connectivity index (χ2n) is 32.6. The molecule has 0 radical (unpaired) electrons. The first-order valence-corrected chi connectivity index (χ1v) is 39.2. The fraction of sp³-hybridized carbons (Fsp3) is 0.111. The molecule has 0 fully saturated rings. The van der Waals surface area contributed by atoms with E-state index in [0.29, 0.717) is 0 Å². The Labute approximate surface area is 645 Å². The van der Waals surface area contributed by atoms with Crippen LogP contribution < -0.4 is 9.80 Å². The highest BCUT2D eigenvalue weighted by atomic mass is 15.2. The number of hydrogen-bond donors (Lipinski definition) is 0. The van der Waals surface area contributed by atoms with Gasteiger partial charge in [0.05, 0.1) is 27.6 Å². The number of fused-ring (bicyclic) bond motifs is 24. The van der Waals surface area contributed by atoms with E-state index in [1.54, 1.807) is 0 Å². The molecule has 0 unspecified atom stereocenters. The molecule has 0 bridgehead atoms. The first kappa shape index (κ1) is 64.3.